The molecule has 0 aromatic carbocycles. The Morgan fingerprint density at radius 3 is 2.07 bits per heavy atom. The lowest BCUT2D eigenvalue weighted by molar-refractivity contribution is 0.411. The molecule has 0 aliphatic heterocycles. The highest BCUT2D eigenvalue weighted by molar-refractivity contribution is 5.89. The summed E-state index contributed by atoms with van der Waals surface area (Å²) in [6.07, 6.45) is 2.83. The molecule has 0 unspecified atom stereocenters. The summed E-state index contributed by atoms with van der Waals surface area (Å²) in [7, 11) is 0. The summed E-state index contributed by atoms with van der Waals surface area (Å²) in [6.45, 7) is 17.7. The number of nitrogens with zero attached hydrogens (tertiary/aromatic N) is 1. The zero-order chi connectivity index (χ0) is 12.1. The van der Waals surface area contributed by atoms with Gasteiger partial charge in [0.2, 0.25) is 0 Å². The van der Waals surface area contributed by atoms with Gasteiger partial charge in [-0.05, 0) is 11.8 Å². The number of hydrazone groups is 1. The van der Waals surface area contributed by atoms with Crippen LogP contribution in [-0.4, -0.2) is 12.3 Å². The van der Waals surface area contributed by atoms with Crippen molar-refractivity contribution >= 4 is 5.71 Å². The molecule has 2 nitrogen and oxygen atoms in total. The van der Waals surface area contributed by atoms with Crippen molar-refractivity contribution in [3.8, 4) is 0 Å². The molecule has 0 aromatic heterocycles. The van der Waals surface area contributed by atoms with E-state index in [4.69, 9.17) is 0 Å². The molecular weight excluding hydrogens is 184 g/mol. The van der Waals surface area contributed by atoms with Gasteiger partial charge in [-0.3, -0.25) is 0 Å². The quantitative estimate of drug-likeness (QED) is 0.326. The lowest BCUT2D eigenvalue weighted by Gasteiger charge is -2.27. The van der Waals surface area contributed by atoms with E-state index < -0.39 is 0 Å². The van der Waals surface area contributed by atoms with E-state index in [0.717, 1.165) is 13.0 Å². The Labute approximate surface area is 94.8 Å². The van der Waals surface area contributed by atoms with Crippen LogP contribution in [0.1, 0.15) is 48.0 Å². The van der Waals surface area contributed by atoms with Crippen LogP contribution < -0.4 is 5.43 Å². The Kier molecular flexibility index (Phi) is 5.06. The molecule has 2 heteroatoms. The second kappa shape index (κ2) is 5.34. The molecule has 15 heavy (non-hydrogen) atoms. The molecule has 0 spiro atoms. The number of rotatable bonds is 4. The minimum absolute atomic E-state index is 0.126. The number of nitrogens with one attached hydrogen (secondary N) is 1. The summed E-state index contributed by atoms with van der Waals surface area (Å²) < 4.78 is 0. The zero-order valence-corrected chi connectivity index (χ0v) is 11.1. The van der Waals surface area contributed by atoms with Gasteiger partial charge in [-0.2, -0.15) is 5.10 Å². The van der Waals surface area contributed by atoms with E-state index >= 15 is 0 Å². The molecule has 0 saturated carbocycles. The van der Waals surface area contributed by atoms with Crippen molar-refractivity contribution in [3.05, 3.63) is 12.7 Å². The van der Waals surface area contributed by atoms with Crippen molar-refractivity contribution in [2.75, 3.05) is 6.54 Å². The number of hydrogen-bond acceptors (Lipinski definition) is 2. The van der Waals surface area contributed by atoms with E-state index in [-0.39, 0.29) is 10.8 Å². The largest absolute Gasteiger partial charge is 0.306 e. The predicted octanol–water partition coefficient (Wildman–Crippen LogP) is 3.60. The van der Waals surface area contributed by atoms with Crippen LogP contribution in [0.3, 0.4) is 0 Å². The van der Waals surface area contributed by atoms with Gasteiger partial charge in [-0.15, -0.1) is 6.58 Å². The molecular formula is C13H26N2. The lowest BCUT2D eigenvalue weighted by atomic mass is 9.79. The molecule has 0 rings (SSSR count). The summed E-state index contributed by atoms with van der Waals surface area (Å²) in [5.74, 6) is 0. The smallest absolute Gasteiger partial charge is 0.0507 e. The first-order valence-corrected chi connectivity index (χ1v) is 5.57. The Morgan fingerprint density at radius 1 is 1.20 bits per heavy atom. The highest BCUT2D eigenvalue weighted by atomic mass is 15.3. The van der Waals surface area contributed by atoms with E-state index in [1.807, 2.05) is 6.08 Å². The van der Waals surface area contributed by atoms with E-state index in [1.165, 1.54) is 5.71 Å². The standard InChI is InChI=1S/C13H26N2/c1-8-9-14-15-11(13(5,6)7)10-12(2,3)4/h8,14H,1,9-10H2,2-7H3/b15-11-. The van der Waals surface area contributed by atoms with Crippen LogP contribution in [0.5, 0.6) is 0 Å². The Bertz CT molecular complexity index is 226. The van der Waals surface area contributed by atoms with Crippen LogP contribution >= 0.6 is 0 Å². The Morgan fingerprint density at radius 2 is 1.73 bits per heavy atom. The van der Waals surface area contributed by atoms with Gasteiger partial charge in [0.05, 0.1) is 6.54 Å². The minimum atomic E-state index is 0.126. The van der Waals surface area contributed by atoms with Crippen LogP contribution in [0.25, 0.3) is 0 Å². The van der Waals surface area contributed by atoms with Crippen molar-refractivity contribution in [1.29, 1.82) is 0 Å². The van der Waals surface area contributed by atoms with Gasteiger partial charge in [-0.1, -0.05) is 47.6 Å². The van der Waals surface area contributed by atoms with Crippen molar-refractivity contribution in [3.63, 3.8) is 0 Å². The minimum Gasteiger partial charge on any atom is -0.306 e. The molecule has 88 valence electrons. The molecule has 0 saturated heterocycles. The van der Waals surface area contributed by atoms with Crippen molar-refractivity contribution in [2.24, 2.45) is 15.9 Å². The van der Waals surface area contributed by atoms with E-state index in [2.05, 4.69) is 58.6 Å². The maximum Gasteiger partial charge on any atom is 0.0507 e. The molecule has 0 bridgehead atoms. The van der Waals surface area contributed by atoms with Gasteiger partial charge < -0.3 is 5.43 Å². The summed E-state index contributed by atoms with van der Waals surface area (Å²) in [6, 6.07) is 0. The molecule has 0 atom stereocenters. The second-order valence-corrected chi connectivity index (χ2v) is 6.20. The summed E-state index contributed by atoms with van der Waals surface area (Å²) in [4.78, 5) is 0. The number of hydrogen-bond donors (Lipinski definition) is 1. The topological polar surface area (TPSA) is 24.4 Å². The third-order valence-corrected chi connectivity index (χ3v) is 2.01. The van der Waals surface area contributed by atoms with E-state index in [0.29, 0.717) is 0 Å². The van der Waals surface area contributed by atoms with Crippen LogP contribution in [0.15, 0.2) is 17.8 Å². The van der Waals surface area contributed by atoms with Gasteiger partial charge in [0.15, 0.2) is 0 Å². The average molecular weight is 210 g/mol. The Hall–Kier alpha value is -0.790. The van der Waals surface area contributed by atoms with E-state index in [9.17, 15) is 0 Å². The highest BCUT2D eigenvalue weighted by Crippen LogP contribution is 2.27. The van der Waals surface area contributed by atoms with Crippen LogP contribution in [0, 0.1) is 10.8 Å². The SMILES string of the molecule is C=CCN/N=C(/CC(C)(C)C)C(C)(C)C. The van der Waals surface area contributed by atoms with Gasteiger partial charge in [0, 0.05) is 11.1 Å². The van der Waals surface area contributed by atoms with Gasteiger partial charge in [-0.25, -0.2) is 0 Å². The monoisotopic (exact) mass is 210 g/mol. The third-order valence-electron chi connectivity index (χ3n) is 2.01. The van der Waals surface area contributed by atoms with Crippen LogP contribution in [0.4, 0.5) is 0 Å². The molecule has 0 aromatic rings. The first-order chi connectivity index (χ1) is 6.67. The maximum absolute atomic E-state index is 4.47. The lowest BCUT2D eigenvalue weighted by Crippen LogP contribution is -2.28. The first kappa shape index (κ1) is 14.2. The zero-order valence-electron chi connectivity index (χ0n) is 11.1. The predicted molar refractivity (Wildman–Crippen MR) is 69.2 cm³/mol. The molecule has 0 amide bonds. The maximum atomic E-state index is 4.47. The van der Waals surface area contributed by atoms with Crippen molar-refractivity contribution < 1.29 is 0 Å². The molecule has 0 radical (unpaired) electrons. The van der Waals surface area contributed by atoms with Crippen molar-refractivity contribution in [2.45, 2.75) is 48.0 Å². The van der Waals surface area contributed by atoms with Gasteiger partial charge >= 0.3 is 0 Å². The van der Waals surface area contributed by atoms with Crippen molar-refractivity contribution in [1.82, 2.24) is 5.43 Å². The normalized spacial score (nSPS) is 13.9. The molecule has 1 N–H and O–H groups in total. The second-order valence-electron chi connectivity index (χ2n) is 6.20. The average Bonchev–Trinajstić information content (AvgIpc) is 1.99. The summed E-state index contributed by atoms with van der Waals surface area (Å²) >= 11 is 0. The van der Waals surface area contributed by atoms with Gasteiger partial charge in [0.25, 0.3) is 0 Å². The highest BCUT2D eigenvalue weighted by Gasteiger charge is 2.24. The Balaban J connectivity index is 4.60. The van der Waals surface area contributed by atoms with Crippen LogP contribution in [-0.2, 0) is 0 Å². The first-order valence-electron chi connectivity index (χ1n) is 5.57. The van der Waals surface area contributed by atoms with Crippen LogP contribution in [0.2, 0.25) is 0 Å². The van der Waals surface area contributed by atoms with E-state index in [1.54, 1.807) is 0 Å². The molecule has 0 fully saturated rings. The molecule has 0 aliphatic carbocycles. The molecule has 0 aliphatic rings. The fourth-order valence-corrected chi connectivity index (χ4v) is 1.18. The summed E-state index contributed by atoms with van der Waals surface area (Å²) in [5, 5.41) is 4.47. The summed E-state index contributed by atoms with van der Waals surface area (Å²) in [5.41, 5.74) is 4.66. The third kappa shape index (κ3) is 7.18. The van der Waals surface area contributed by atoms with Gasteiger partial charge in [0.1, 0.15) is 0 Å². The molecule has 0 heterocycles. The fourth-order valence-electron chi connectivity index (χ4n) is 1.18. The fraction of sp³-hybridized carbons (Fsp3) is 0.769.